The van der Waals surface area contributed by atoms with Crippen LogP contribution in [0.2, 0.25) is 10.0 Å². The number of hydrogen-bond donors (Lipinski definition) is 1. The summed E-state index contributed by atoms with van der Waals surface area (Å²) in [5.74, 6) is -1.19. The lowest BCUT2D eigenvalue weighted by Crippen LogP contribution is -2.46. The van der Waals surface area contributed by atoms with Gasteiger partial charge in [-0.1, -0.05) is 48.0 Å². The summed E-state index contributed by atoms with van der Waals surface area (Å²) >= 11 is 12.9. The van der Waals surface area contributed by atoms with Crippen molar-refractivity contribution in [3.8, 4) is 16.9 Å². The highest BCUT2D eigenvalue weighted by molar-refractivity contribution is 6.40. The first-order valence-corrected chi connectivity index (χ1v) is 14.5. The van der Waals surface area contributed by atoms with E-state index in [0.29, 0.717) is 46.9 Å². The Bertz CT molecular complexity index is 1640. The van der Waals surface area contributed by atoms with Gasteiger partial charge in [0.15, 0.2) is 6.73 Å². The van der Waals surface area contributed by atoms with Crippen molar-refractivity contribution in [2.75, 3.05) is 32.0 Å². The number of amides is 1. The number of ether oxygens (including phenoxy) is 3. The molecule has 3 aliphatic heterocycles. The Hall–Kier alpha value is -3.92. The molecule has 2 atom stereocenters. The van der Waals surface area contributed by atoms with Crippen molar-refractivity contribution in [1.82, 2.24) is 4.90 Å². The number of methoxy groups -OCH3 is 1. The summed E-state index contributed by atoms with van der Waals surface area (Å²) in [6.07, 6.45) is 2.91. The molecule has 43 heavy (non-hydrogen) atoms. The molecular weight excluding hydrogens is 596 g/mol. The molecule has 2 fully saturated rings. The normalized spacial score (nSPS) is 19.0. The minimum atomic E-state index is -0.612. The molecule has 3 aromatic rings. The second kappa shape index (κ2) is 11.6. The highest BCUT2D eigenvalue weighted by Gasteiger charge is 2.40. The summed E-state index contributed by atoms with van der Waals surface area (Å²) in [5, 5.41) is 7.68. The molecule has 3 aromatic carbocycles. The lowest BCUT2D eigenvalue weighted by molar-refractivity contribution is 0.0515. The number of esters is 1. The van der Waals surface area contributed by atoms with Crippen molar-refractivity contribution < 1.29 is 28.2 Å². The highest BCUT2D eigenvalue weighted by Crippen LogP contribution is 2.43. The van der Waals surface area contributed by atoms with E-state index in [0.717, 1.165) is 19.1 Å². The van der Waals surface area contributed by atoms with E-state index < -0.39 is 17.7 Å². The maximum atomic E-state index is 15.8. The minimum Gasteiger partial charge on any atom is -0.472 e. The molecule has 3 heterocycles. The van der Waals surface area contributed by atoms with Crippen LogP contribution >= 0.6 is 23.2 Å². The zero-order valence-corrected chi connectivity index (χ0v) is 24.8. The van der Waals surface area contributed by atoms with E-state index in [1.807, 2.05) is 6.07 Å². The Morgan fingerprint density at radius 3 is 2.44 bits per heavy atom. The average molecular weight is 624 g/mol. The molecular formula is C32H28Cl2FN3O5. The molecule has 6 rings (SSSR count). The third kappa shape index (κ3) is 5.15. The van der Waals surface area contributed by atoms with E-state index >= 15 is 4.39 Å². The number of allylic oxidation sites excluding steroid dienone is 1. The number of fused-ring (bicyclic) bond motifs is 3. The average Bonchev–Trinajstić information content (AvgIpc) is 3.25. The van der Waals surface area contributed by atoms with Crippen molar-refractivity contribution in [3.05, 3.63) is 87.2 Å². The van der Waals surface area contributed by atoms with Crippen LogP contribution in [0.3, 0.4) is 0 Å². The summed E-state index contributed by atoms with van der Waals surface area (Å²) in [6.45, 7) is 4.90. The second-order valence-electron chi connectivity index (χ2n) is 10.7. The number of anilines is 1. The van der Waals surface area contributed by atoms with Crippen molar-refractivity contribution in [1.29, 1.82) is 5.41 Å². The summed E-state index contributed by atoms with van der Waals surface area (Å²) in [7, 11) is 1.28. The lowest BCUT2D eigenvalue weighted by atomic mass is 9.96. The molecule has 0 aliphatic carbocycles. The van der Waals surface area contributed by atoms with Crippen LogP contribution in [0.25, 0.3) is 16.7 Å². The molecule has 222 valence electrons. The van der Waals surface area contributed by atoms with E-state index in [1.165, 1.54) is 18.1 Å². The summed E-state index contributed by atoms with van der Waals surface area (Å²) in [4.78, 5) is 29.9. The first kappa shape index (κ1) is 29.2. The summed E-state index contributed by atoms with van der Waals surface area (Å²) in [5.41, 5.74) is 3.27. The molecule has 1 amide bonds. The number of rotatable bonds is 6. The number of halogens is 3. The van der Waals surface area contributed by atoms with Gasteiger partial charge in [0.05, 0.1) is 65.8 Å². The molecule has 2 unspecified atom stereocenters. The number of para-hydroxylation sites is 1. The highest BCUT2D eigenvalue weighted by atomic mass is 35.5. The Balaban J connectivity index is 1.35. The fourth-order valence-corrected chi connectivity index (χ4v) is 6.75. The van der Waals surface area contributed by atoms with Gasteiger partial charge in [-0.15, -0.1) is 0 Å². The molecule has 0 radical (unpaired) electrons. The number of benzene rings is 3. The van der Waals surface area contributed by atoms with Crippen LogP contribution in [0.5, 0.6) is 5.75 Å². The zero-order chi connectivity index (χ0) is 30.4. The number of nitrogens with one attached hydrogen (secondary N) is 1. The molecule has 0 spiro atoms. The standard InChI is InChI=1S/C32H28Cl2FN3O5/c1-17(12-36)19-8-25(33)29(26(34)9-19)31(39)37-13-18-4-3-5-22(30(18)43-16-37)23-11-28(24(10-27(23)35)32(40)41-2)38-20-6-7-21(38)15-42-14-20/h3-5,8-12,20-21,36H,1,6-7,13-16H2,2H3. The van der Waals surface area contributed by atoms with Crippen LogP contribution in [-0.4, -0.2) is 62.1 Å². The Morgan fingerprint density at radius 1 is 1.09 bits per heavy atom. The van der Waals surface area contributed by atoms with E-state index in [-0.39, 0.29) is 52.1 Å². The topological polar surface area (TPSA) is 92.2 Å². The number of hydrogen-bond acceptors (Lipinski definition) is 7. The van der Waals surface area contributed by atoms with Gasteiger partial charge in [0.1, 0.15) is 11.6 Å². The minimum absolute atomic E-state index is 0.0804. The fourth-order valence-electron chi connectivity index (χ4n) is 6.10. The predicted octanol–water partition coefficient (Wildman–Crippen LogP) is 6.61. The number of carbonyl (C=O) groups is 2. The van der Waals surface area contributed by atoms with Crippen molar-refractivity contribution in [3.63, 3.8) is 0 Å². The van der Waals surface area contributed by atoms with E-state index in [1.54, 1.807) is 30.3 Å². The van der Waals surface area contributed by atoms with Gasteiger partial charge in [-0.05, 0) is 48.2 Å². The molecule has 8 nitrogen and oxygen atoms in total. The molecule has 0 saturated carbocycles. The number of nitrogens with zero attached hydrogens (tertiary/aromatic N) is 2. The van der Waals surface area contributed by atoms with Crippen LogP contribution < -0.4 is 9.64 Å². The lowest BCUT2D eigenvalue weighted by Gasteiger charge is -2.37. The monoisotopic (exact) mass is 623 g/mol. The second-order valence-corrected chi connectivity index (χ2v) is 11.5. The number of carbonyl (C=O) groups excluding carboxylic acids is 2. The molecule has 2 saturated heterocycles. The quantitative estimate of drug-likeness (QED) is 0.245. The summed E-state index contributed by atoms with van der Waals surface area (Å²) in [6, 6.07) is 11.5. The van der Waals surface area contributed by atoms with Gasteiger partial charge in [-0.3, -0.25) is 4.79 Å². The van der Waals surface area contributed by atoms with E-state index in [4.69, 9.17) is 42.8 Å². The molecule has 1 N–H and O–H groups in total. The third-order valence-corrected chi connectivity index (χ3v) is 8.81. The van der Waals surface area contributed by atoms with Gasteiger partial charge >= 0.3 is 5.97 Å². The van der Waals surface area contributed by atoms with Gasteiger partial charge in [-0.2, -0.15) is 0 Å². The van der Waals surface area contributed by atoms with E-state index in [2.05, 4.69) is 11.5 Å². The maximum absolute atomic E-state index is 15.8. The smallest absolute Gasteiger partial charge is 0.340 e. The Kier molecular flexibility index (Phi) is 7.89. The molecule has 3 aliphatic rings. The van der Waals surface area contributed by atoms with Crippen LogP contribution in [0.15, 0.2) is 49.0 Å². The first-order chi connectivity index (χ1) is 20.7. The van der Waals surface area contributed by atoms with Gasteiger partial charge < -0.3 is 29.4 Å². The molecule has 11 heteroatoms. The molecule has 2 bridgehead atoms. The first-order valence-electron chi connectivity index (χ1n) is 13.7. The maximum Gasteiger partial charge on any atom is 0.340 e. The fraction of sp³-hybridized carbons (Fsp3) is 0.281. The number of morpholine rings is 1. The summed E-state index contributed by atoms with van der Waals surface area (Å²) < 4.78 is 32.6. The van der Waals surface area contributed by atoms with Crippen molar-refractivity contribution >= 4 is 52.6 Å². The zero-order valence-electron chi connectivity index (χ0n) is 23.3. The van der Waals surface area contributed by atoms with Crippen molar-refractivity contribution in [2.24, 2.45) is 0 Å². The SMILES string of the molecule is C=C(C=N)c1cc(Cl)c(C(=O)N2COc3c(cccc3-c3cc(N4C5CCC4COC5)c(C(=O)OC)cc3F)C2)c(Cl)c1. The van der Waals surface area contributed by atoms with Gasteiger partial charge in [0, 0.05) is 22.9 Å². The largest absolute Gasteiger partial charge is 0.472 e. The predicted molar refractivity (Wildman–Crippen MR) is 163 cm³/mol. The van der Waals surface area contributed by atoms with Gasteiger partial charge in [0.2, 0.25) is 0 Å². The van der Waals surface area contributed by atoms with Gasteiger partial charge in [0.25, 0.3) is 5.91 Å². The van der Waals surface area contributed by atoms with E-state index in [9.17, 15) is 9.59 Å². The van der Waals surface area contributed by atoms with Crippen LogP contribution in [0.1, 0.15) is 44.7 Å². The molecule has 0 aromatic heterocycles. The van der Waals surface area contributed by atoms with Gasteiger partial charge in [-0.25, -0.2) is 9.18 Å². The van der Waals surface area contributed by atoms with Crippen molar-refractivity contribution in [2.45, 2.75) is 31.5 Å². The Morgan fingerprint density at radius 2 is 1.79 bits per heavy atom. The van der Waals surface area contributed by atoms with Crippen LogP contribution in [-0.2, 0) is 16.0 Å². The third-order valence-electron chi connectivity index (χ3n) is 8.21. The Labute approximate surface area is 258 Å². The van der Waals surface area contributed by atoms with Crippen LogP contribution in [0, 0.1) is 11.2 Å². The van der Waals surface area contributed by atoms with Crippen LogP contribution in [0.4, 0.5) is 10.1 Å².